The van der Waals surface area contributed by atoms with Gasteiger partial charge in [-0.15, -0.1) is 0 Å². The van der Waals surface area contributed by atoms with Crippen LogP contribution in [0.25, 0.3) is 0 Å². The maximum Gasteiger partial charge on any atom is 0.407 e. The van der Waals surface area contributed by atoms with Gasteiger partial charge in [0.25, 0.3) is 0 Å². The SMILES string of the molecule is C.C.C.C.C.C.CC(=O)SCC(N)Cc1ccccc1.CC(C)(C)OC(=O)NC(CC(=O)NO)Cc1ccccc1.CC(C)CC(N)CN(C=O)OCc1ccccc1.CNC(=O)CC(N)Cc1ccccc1.CSCC(N)Cc1ccccc1.CSCC(N)Cc1ccccc1.NC(CC(=O)NOCc1ccccc1)Cc1ccccc1.NC(Cc1ccccc1)CN(C=O)OCc1ccccc1. The van der Waals surface area contributed by atoms with Gasteiger partial charge in [-0.2, -0.15) is 23.5 Å². The van der Waals surface area contributed by atoms with Crippen LogP contribution in [0.1, 0.15) is 167 Å². The number of rotatable bonds is 44. The molecule has 8 atom stereocenters. The van der Waals surface area contributed by atoms with Crippen LogP contribution >= 0.6 is 35.3 Å². The smallest absolute Gasteiger partial charge is 0.407 e. The largest absolute Gasteiger partial charge is 0.444 e. The van der Waals surface area contributed by atoms with E-state index in [0.717, 1.165) is 77.0 Å². The van der Waals surface area contributed by atoms with Crippen LogP contribution in [0.3, 0.4) is 0 Å². The molecular formula is C111H169N13O12S3. The van der Waals surface area contributed by atoms with Gasteiger partial charge in [0.15, 0.2) is 5.12 Å². The summed E-state index contributed by atoms with van der Waals surface area (Å²) in [6.45, 7) is 13.0. The molecule has 0 aromatic heterocycles. The molecule has 10 rings (SSSR count). The van der Waals surface area contributed by atoms with Crippen LogP contribution in [0.15, 0.2) is 303 Å². The second-order valence-electron chi connectivity index (χ2n) is 32.9. The first-order valence-electron chi connectivity index (χ1n) is 44.5. The van der Waals surface area contributed by atoms with Crippen LogP contribution in [0.4, 0.5) is 4.79 Å². The number of thioether (sulfide) groups is 3. The van der Waals surface area contributed by atoms with Crippen molar-refractivity contribution in [3.63, 3.8) is 0 Å². The van der Waals surface area contributed by atoms with Crippen molar-refractivity contribution in [3.8, 4) is 0 Å². The molecule has 0 aliphatic carbocycles. The average Bonchev–Trinajstić information content (AvgIpc) is 0.888. The maximum absolute atomic E-state index is 11.8. The summed E-state index contributed by atoms with van der Waals surface area (Å²) in [4.78, 5) is 94.6. The number of nitrogens with one attached hydrogen (secondary N) is 4. The topological polar surface area (TPSA) is 413 Å². The molecule has 28 heteroatoms. The number of carbonyl (C=O) groups excluding carboxylic acids is 7. The Morgan fingerprint density at radius 1 is 0.374 bits per heavy atom. The van der Waals surface area contributed by atoms with Crippen molar-refractivity contribution in [1.29, 1.82) is 0 Å². The van der Waals surface area contributed by atoms with E-state index in [4.69, 9.17) is 64.6 Å². The monoisotopic (exact) mass is 1970 g/mol. The number of ether oxygens (including phenoxy) is 1. The summed E-state index contributed by atoms with van der Waals surface area (Å²) in [6.07, 6.45) is 11.8. The van der Waals surface area contributed by atoms with E-state index < -0.39 is 23.6 Å². The third-order valence-electron chi connectivity index (χ3n) is 18.7. The molecule has 0 aliphatic rings. The molecule has 6 amide bonds. The lowest BCUT2D eigenvalue weighted by Gasteiger charge is -2.23. The van der Waals surface area contributed by atoms with E-state index in [9.17, 15) is 33.6 Å². The second-order valence-corrected chi connectivity index (χ2v) is 35.9. The molecule has 10 aromatic carbocycles. The Balaban J connectivity index is -0.000000751. The van der Waals surface area contributed by atoms with E-state index in [1.165, 1.54) is 44.1 Å². The molecule has 768 valence electrons. The minimum atomic E-state index is -0.610. The summed E-state index contributed by atoms with van der Waals surface area (Å²) >= 11 is 4.90. The first kappa shape index (κ1) is 134. The van der Waals surface area contributed by atoms with Gasteiger partial charge in [0.2, 0.25) is 30.5 Å². The normalized spacial score (nSPS) is 11.8. The lowest BCUT2D eigenvalue weighted by molar-refractivity contribution is -0.179. The molecule has 0 radical (unpaired) electrons. The van der Waals surface area contributed by atoms with Gasteiger partial charge in [-0.05, 0) is 146 Å². The lowest BCUT2D eigenvalue weighted by atomic mass is 10.0. The molecular weight excluding hydrogens is 1800 g/mol. The number of carbonyl (C=O) groups is 7. The van der Waals surface area contributed by atoms with Crippen LogP contribution in [0.5, 0.6) is 0 Å². The third kappa shape index (κ3) is 73.0. The van der Waals surface area contributed by atoms with E-state index in [-0.39, 0.29) is 105 Å². The number of hydrogen-bond acceptors (Lipinski definition) is 22. The predicted molar refractivity (Wildman–Crippen MR) is 585 cm³/mol. The number of amides is 6. The Kier molecular flexibility index (Phi) is 81.2. The van der Waals surface area contributed by atoms with Crippen molar-refractivity contribution in [1.82, 2.24) is 31.7 Å². The van der Waals surface area contributed by atoms with E-state index in [1.807, 2.05) is 243 Å². The minimum absolute atomic E-state index is 0. The third-order valence-corrected chi connectivity index (χ3v) is 21.2. The van der Waals surface area contributed by atoms with Crippen molar-refractivity contribution < 1.29 is 58.0 Å². The van der Waals surface area contributed by atoms with Gasteiger partial charge in [0, 0.05) is 98.8 Å². The summed E-state index contributed by atoms with van der Waals surface area (Å²) in [5.41, 5.74) is 56.2. The predicted octanol–water partition coefficient (Wildman–Crippen LogP) is 18.5. The fourth-order valence-electron chi connectivity index (χ4n) is 12.6. The zero-order valence-electron chi connectivity index (χ0n) is 78.8. The van der Waals surface area contributed by atoms with Crippen LogP contribution in [0.2, 0.25) is 0 Å². The van der Waals surface area contributed by atoms with Crippen LogP contribution < -0.4 is 61.7 Å². The summed E-state index contributed by atoms with van der Waals surface area (Å²) in [5.74, 6) is 2.52. The quantitative estimate of drug-likeness (QED) is 0.00958. The second kappa shape index (κ2) is 84.0. The maximum atomic E-state index is 11.8. The highest BCUT2D eigenvalue weighted by Gasteiger charge is 2.23. The zero-order chi connectivity index (χ0) is 97.5. The first-order chi connectivity index (χ1) is 64.0. The van der Waals surface area contributed by atoms with Crippen LogP contribution in [-0.4, -0.2) is 161 Å². The van der Waals surface area contributed by atoms with Crippen molar-refractivity contribution in [2.75, 3.05) is 49.9 Å². The number of nitrogens with two attached hydrogens (primary N) is 7. The van der Waals surface area contributed by atoms with Gasteiger partial charge >= 0.3 is 6.09 Å². The Morgan fingerprint density at radius 3 is 0.928 bits per heavy atom. The minimum Gasteiger partial charge on any atom is -0.444 e. The summed E-state index contributed by atoms with van der Waals surface area (Å²) < 4.78 is 5.18. The van der Waals surface area contributed by atoms with E-state index in [0.29, 0.717) is 95.2 Å². The van der Waals surface area contributed by atoms with Gasteiger partial charge in [0.1, 0.15) is 18.8 Å². The molecule has 0 saturated carbocycles. The molecule has 8 unspecified atom stereocenters. The molecule has 0 fully saturated rings. The van der Waals surface area contributed by atoms with Crippen LogP contribution in [-0.2, 0) is 113 Å². The standard InChI is InChI=1S/2C17H20N2O2.C15H22N2O4.C14H22N2O2.C11H16N2O.C11H15NOS.2C10H15NS.6CH4/c18-17(11-15-7-3-1-4-8-15)12-19(14-20)21-13-16-9-5-2-6-10-16;18-16(11-14-7-3-1-4-8-14)12-17(20)19-21-13-15-9-5-2-6-10-15;1-15(2,3)21-14(19)16-12(10-13(18)17-20)9-11-7-5-4-6-8-11;1-12(2)8-14(15)9-16(11-17)18-10-13-6-4-3-5-7-13;1-13-11(14)8-10(12)7-9-5-3-2-4-6-9;1-9(13)14-8-11(12)7-10-5-3-2-4-6-10;2*1-12-8-10(11)7-9-5-3-2-4-6-9;;;;;;/h1-10,14,17H,11-13,18H2;1-10,16H,11-13,18H2,(H,19,20);4-8,12,20H,9-10H2,1-3H3,(H,16,19)(H,17,18);3-7,11-12,14H,8-10,15H2,1-2H3;2-6,10H,7-8,12H2,1H3,(H,13,14);2-6,11H,7-8,12H2,1H3;2*2-6,10H,7-8,11H2,1H3;6*1H4. The number of benzene rings is 10. The highest BCUT2D eigenvalue weighted by Crippen LogP contribution is 2.16. The average molecular weight is 1970 g/mol. The Labute approximate surface area is 846 Å². The summed E-state index contributed by atoms with van der Waals surface area (Å²) in [7, 11) is 1.62. The van der Waals surface area contributed by atoms with Gasteiger partial charge in [0.05, 0.1) is 19.7 Å². The van der Waals surface area contributed by atoms with E-state index in [2.05, 4.69) is 103 Å². The highest BCUT2D eigenvalue weighted by molar-refractivity contribution is 8.13. The Bertz CT molecular complexity index is 4560. The molecule has 0 spiro atoms. The number of hydroxylamine groups is 6. The lowest BCUT2D eigenvalue weighted by Crippen LogP contribution is -2.42. The number of alkyl carbamates (subject to hydrolysis) is 1. The molecule has 0 heterocycles. The number of hydrogen-bond donors (Lipinski definition) is 12. The van der Waals surface area contributed by atoms with Gasteiger partial charge < -0.3 is 55.5 Å². The highest BCUT2D eigenvalue weighted by atomic mass is 32.2. The van der Waals surface area contributed by atoms with Gasteiger partial charge in [-0.25, -0.2) is 25.9 Å². The fourth-order valence-corrected chi connectivity index (χ4v) is 14.3. The Morgan fingerprint density at radius 2 is 0.647 bits per heavy atom. The van der Waals surface area contributed by atoms with Crippen molar-refractivity contribution in [2.24, 2.45) is 46.1 Å². The van der Waals surface area contributed by atoms with Crippen LogP contribution in [0, 0.1) is 5.92 Å². The van der Waals surface area contributed by atoms with Gasteiger partial charge in [-0.1, -0.05) is 373 Å². The molecule has 0 aliphatic heterocycles. The zero-order valence-corrected chi connectivity index (χ0v) is 81.2. The molecule has 0 saturated heterocycles. The molecule has 0 bridgehead atoms. The van der Waals surface area contributed by atoms with Gasteiger partial charge in [-0.3, -0.25) is 48.5 Å². The molecule has 139 heavy (non-hydrogen) atoms. The molecule has 25 nitrogen and oxygen atoms in total. The van der Waals surface area contributed by atoms with Crippen molar-refractivity contribution in [3.05, 3.63) is 359 Å². The molecule has 10 aromatic rings. The Hall–Kier alpha value is -10.9. The summed E-state index contributed by atoms with van der Waals surface area (Å²) in [6, 6.07) is 98.9. The molecule has 19 N–H and O–H groups in total. The van der Waals surface area contributed by atoms with Crippen molar-refractivity contribution >= 4 is 77.0 Å². The first-order valence-corrected chi connectivity index (χ1v) is 48.3. The fraction of sp³-hybridized carbons (Fsp3) is 0.396. The van der Waals surface area contributed by atoms with Crippen molar-refractivity contribution in [2.45, 2.75) is 230 Å². The van der Waals surface area contributed by atoms with E-state index >= 15 is 0 Å². The number of nitrogens with zero attached hydrogens (tertiary/aromatic N) is 2. The summed E-state index contributed by atoms with van der Waals surface area (Å²) in [5, 5.41) is 16.5. The van der Waals surface area contributed by atoms with E-state index in [1.54, 1.807) is 63.7 Å².